The fraction of sp³-hybridized carbons (Fsp3) is 0.600. The van der Waals surface area contributed by atoms with Gasteiger partial charge in [-0.25, -0.2) is 0 Å². The normalized spacial score (nSPS) is 12.8. The molecule has 0 spiro atoms. The quantitative estimate of drug-likeness (QED) is 0.741. The third-order valence-electron chi connectivity index (χ3n) is 1.78. The van der Waals surface area contributed by atoms with Crippen LogP contribution in [0, 0.1) is 0 Å². The molecule has 0 radical (unpaired) electrons. The van der Waals surface area contributed by atoms with Crippen molar-refractivity contribution in [2.24, 2.45) is 0 Å². The Morgan fingerprint density at radius 2 is 2.36 bits per heavy atom. The van der Waals surface area contributed by atoms with Crippen molar-refractivity contribution < 1.29 is 14.6 Å². The van der Waals surface area contributed by atoms with Gasteiger partial charge in [0.05, 0.1) is 13.7 Å². The van der Waals surface area contributed by atoms with E-state index in [-0.39, 0.29) is 0 Å². The summed E-state index contributed by atoms with van der Waals surface area (Å²) in [7, 11) is 1.62. The molecule has 0 aromatic carbocycles. The van der Waals surface area contributed by atoms with Crippen LogP contribution in [0.3, 0.4) is 0 Å². The summed E-state index contributed by atoms with van der Waals surface area (Å²) in [5, 5.41) is 11.6. The van der Waals surface area contributed by atoms with Crippen LogP contribution in [0.15, 0.2) is 11.4 Å². The largest absolute Gasteiger partial charge is 0.496 e. The molecule has 1 N–H and O–H groups in total. The van der Waals surface area contributed by atoms with Crippen LogP contribution in [0.25, 0.3) is 0 Å². The highest BCUT2D eigenvalue weighted by Crippen LogP contribution is 2.26. The van der Waals surface area contributed by atoms with Crippen LogP contribution in [-0.4, -0.2) is 25.4 Å². The Morgan fingerprint density at radius 3 is 2.93 bits per heavy atom. The van der Waals surface area contributed by atoms with Gasteiger partial charge in [-0.1, -0.05) is 6.92 Å². The molecule has 0 aliphatic heterocycles. The molecule has 0 bridgehead atoms. The molecule has 80 valence electrons. The lowest BCUT2D eigenvalue weighted by atomic mass is 10.3. The second-order valence-electron chi connectivity index (χ2n) is 2.98. The smallest absolute Gasteiger partial charge is 0.129 e. The van der Waals surface area contributed by atoms with E-state index < -0.39 is 6.10 Å². The topological polar surface area (TPSA) is 38.7 Å². The third kappa shape index (κ3) is 3.29. The maximum absolute atomic E-state index is 9.69. The van der Waals surface area contributed by atoms with Crippen molar-refractivity contribution in [1.82, 2.24) is 0 Å². The fourth-order valence-corrected chi connectivity index (χ4v) is 1.86. The summed E-state index contributed by atoms with van der Waals surface area (Å²) >= 11 is 1.49. The van der Waals surface area contributed by atoms with Crippen LogP contribution < -0.4 is 4.74 Å². The number of thiophene rings is 1. The van der Waals surface area contributed by atoms with E-state index in [1.165, 1.54) is 11.3 Å². The predicted molar refractivity (Wildman–Crippen MR) is 56.9 cm³/mol. The summed E-state index contributed by atoms with van der Waals surface area (Å²) in [4.78, 5) is 0.887. The van der Waals surface area contributed by atoms with Crippen molar-refractivity contribution >= 4 is 11.3 Å². The Morgan fingerprint density at radius 1 is 1.57 bits per heavy atom. The molecule has 3 nitrogen and oxygen atoms in total. The SMILES string of the molecule is CCCOCC(O)c1cc(OC)cs1. The molecule has 0 fully saturated rings. The van der Waals surface area contributed by atoms with Crippen LogP contribution >= 0.6 is 11.3 Å². The molecule has 1 heterocycles. The van der Waals surface area contributed by atoms with Gasteiger partial charge in [0.25, 0.3) is 0 Å². The maximum Gasteiger partial charge on any atom is 0.129 e. The zero-order valence-corrected chi connectivity index (χ0v) is 9.34. The molecule has 1 unspecified atom stereocenters. The first kappa shape index (κ1) is 11.5. The highest BCUT2D eigenvalue weighted by atomic mass is 32.1. The Balaban J connectivity index is 2.39. The van der Waals surface area contributed by atoms with Crippen LogP contribution in [0.1, 0.15) is 24.3 Å². The number of ether oxygens (including phenoxy) is 2. The fourth-order valence-electron chi connectivity index (χ4n) is 1.04. The van der Waals surface area contributed by atoms with Crippen molar-refractivity contribution in [3.8, 4) is 5.75 Å². The second kappa shape index (κ2) is 6.01. The van der Waals surface area contributed by atoms with Crippen molar-refractivity contribution in [3.63, 3.8) is 0 Å². The van der Waals surface area contributed by atoms with E-state index in [2.05, 4.69) is 0 Å². The Bertz CT molecular complexity index is 260. The summed E-state index contributed by atoms with van der Waals surface area (Å²) in [5.41, 5.74) is 0. The van der Waals surface area contributed by atoms with Crippen molar-refractivity contribution in [2.75, 3.05) is 20.3 Å². The lowest BCUT2D eigenvalue weighted by Crippen LogP contribution is -2.06. The molecule has 4 heteroatoms. The molecule has 1 aromatic rings. The first-order chi connectivity index (χ1) is 6.77. The highest BCUT2D eigenvalue weighted by Gasteiger charge is 2.10. The summed E-state index contributed by atoms with van der Waals surface area (Å²) < 4.78 is 10.3. The molecule has 0 saturated carbocycles. The van der Waals surface area contributed by atoms with Crippen LogP contribution in [-0.2, 0) is 4.74 Å². The zero-order chi connectivity index (χ0) is 10.4. The monoisotopic (exact) mass is 216 g/mol. The molecule has 1 atom stereocenters. The Hall–Kier alpha value is -0.580. The first-order valence-corrected chi connectivity index (χ1v) is 5.54. The molecule has 1 aromatic heterocycles. The van der Waals surface area contributed by atoms with E-state index in [9.17, 15) is 5.11 Å². The lowest BCUT2D eigenvalue weighted by Gasteiger charge is -2.08. The van der Waals surface area contributed by atoms with Gasteiger partial charge in [-0.15, -0.1) is 11.3 Å². The standard InChI is InChI=1S/C10H16O3S/c1-3-4-13-6-9(11)10-5-8(12-2)7-14-10/h5,7,9,11H,3-4,6H2,1-2H3. The molecular weight excluding hydrogens is 200 g/mol. The zero-order valence-electron chi connectivity index (χ0n) is 8.53. The average molecular weight is 216 g/mol. The number of hydrogen-bond donors (Lipinski definition) is 1. The Kier molecular flexibility index (Phi) is 4.93. The number of rotatable bonds is 6. The van der Waals surface area contributed by atoms with Gasteiger partial charge >= 0.3 is 0 Å². The number of aliphatic hydroxyl groups excluding tert-OH is 1. The summed E-state index contributed by atoms with van der Waals surface area (Å²) in [5.74, 6) is 0.791. The minimum atomic E-state index is -0.532. The minimum Gasteiger partial charge on any atom is -0.496 e. The van der Waals surface area contributed by atoms with Crippen molar-refractivity contribution in [3.05, 3.63) is 16.3 Å². The van der Waals surface area contributed by atoms with E-state index in [4.69, 9.17) is 9.47 Å². The molecule has 0 saturated heterocycles. The summed E-state index contributed by atoms with van der Waals surface area (Å²) in [6.45, 7) is 3.09. The molecular formula is C10H16O3S. The average Bonchev–Trinajstić information content (AvgIpc) is 2.66. The Labute approximate surface area is 88.3 Å². The maximum atomic E-state index is 9.69. The van der Waals surface area contributed by atoms with Crippen molar-refractivity contribution in [2.45, 2.75) is 19.4 Å². The van der Waals surface area contributed by atoms with Crippen LogP contribution in [0.5, 0.6) is 5.75 Å². The van der Waals surface area contributed by atoms with E-state index in [0.717, 1.165) is 17.0 Å². The van der Waals surface area contributed by atoms with Gasteiger partial charge in [0, 0.05) is 16.9 Å². The predicted octanol–water partition coefficient (Wildman–Crippen LogP) is 2.22. The summed E-state index contributed by atoms with van der Waals surface area (Å²) in [6, 6.07) is 1.84. The van der Waals surface area contributed by atoms with Gasteiger partial charge in [0.1, 0.15) is 11.9 Å². The molecule has 0 aliphatic rings. The minimum absolute atomic E-state index is 0.359. The lowest BCUT2D eigenvalue weighted by molar-refractivity contribution is 0.0381. The van der Waals surface area contributed by atoms with Crippen LogP contribution in [0.2, 0.25) is 0 Å². The first-order valence-electron chi connectivity index (χ1n) is 4.66. The van der Waals surface area contributed by atoms with E-state index >= 15 is 0 Å². The van der Waals surface area contributed by atoms with Gasteiger partial charge in [0.15, 0.2) is 0 Å². The number of hydrogen-bond acceptors (Lipinski definition) is 4. The molecule has 14 heavy (non-hydrogen) atoms. The van der Waals surface area contributed by atoms with E-state index in [1.807, 2.05) is 18.4 Å². The van der Waals surface area contributed by atoms with Gasteiger partial charge < -0.3 is 14.6 Å². The highest BCUT2D eigenvalue weighted by molar-refractivity contribution is 7.10. The van der Waals surface area contributed by atoms with Gasteiger partial charge in [-0.05, 0) is 12.5 Å². The number of methoxy groups -OCH3 is 1. The second-order valence-corrected chi connectivity index (χ2v) is 3.92. The van der Waals surface area contributed by atoms with Gasteiger partial charge in [0.2, 0.25) is 0 Å². The molecule has 1 rings (SSSR count). The van der Waals surface area contributed by atoms with E-state index in [1.54, 1.807) is 7.11 Å². The third-order valence-corrected chi connectivity index (χ3v) is 2.80. The van der Waals surface area contributed by atoms with E-state index in [0.29, 0.717) is 13.2 Å². The van der Waals surface area contributed by atoms with Gasteiger partial charge in [-0.3, -0.25) is 0 Å². The molecule has 0 aliphatic carbocycles. The van der Waals surface area contributed by atoms with Crippen LogP contribution in [0.4, 0.5) is 0 Å². The van der Waals surface area contributed by atoms with Gasteiger partial charge in [-0.2, -0.15) is 0 Å². The summed E-state index contributed by atoms with van der Waals surface area (Å²) in [6.07, 6.45) is 0.441. The van der Waals surface area contributed by atoms with Crippen molar-refractivity contribution in [1.29, 1.82) is 0 Å². The molecule has 0 amide bonds. The number of aliphatic hydroxyl groups is 1.